The van der Waals surface area contributed by atoms with E-state index in [0.717, 1.165) is 0 Å². The Balaban J connectivity index is 2.67. The first-order valence-corrected chi connectivity index (χ1v) is 7.45. The van der Waals surface area contributed by atoms with Crippen LogP contribution in [0.5, 0.6) is 0 Å². The number of hydrogen-bond donors (Lipinski definition) is 1. The number of rotatable bonds is 4. The van der Waals surface area contributed by atoms with Gasteiger partial charge in [-0.2, -0.15) is 5.26 Å². The number of hydrogen-bond acceptors (Lipinski definition) is 5. The van der Waals surface area contributed by atoms with Gasteiger partial charge in [0.05, 0.1) is 24.1 Å². The minimum absolute atomic E-state index is 0.00914. The molecule has 0 spiro atoms. The highest BCUT2D eigenvalue weighted by atomic mass is 35.5. The number of ether oxygens (including phenoxy) is 2. The fourth-order valence-electron chi connectivity index (χ4n) is 2.49. The van der Waals surface area contributed by atoms with E-state index >= 15 is 0 Å². The van der Waals surface area contributed by atoms with Crippen molar-refractivity contribution in [2.75, 3.05) is 12.5 Å². The fourth-order valence-corrected chi connectivity index (χ4v) is 2.69. The lowest BCUT2D eigenvalue weighted by molar-refractivity contribution is -0.139. The van der Waals surface area contributed by atoms with Crippen molar-refractivity contribution >= 4 is 23.5 Å². The van der Waals surface area contributed by atoms with Crippen LogP contribution in [0.2, 0.25) is 0 Å². The Labute approximate surface area is 137 Å². The Kier molecular flexibility index (Phi) is 5.35. The molecule has 1 aliphatic rings. The molecule has 0 aliphatic carbocycles. The van der Waals surface area contributed by atoms with Gasteiger partial charge >= 0.3 is 5.97 Å². The summed E-state index contributed by atoms with van der Waals surface area (Å²) in [5.41, 5.74) is 0.104. The van der Waals surface area contributed by atoms with E-state index < -0.39 is 23.6 Å². The third-order valence-corrected chi connectivity index (χ3v) is 3.70. The Morgan fingerprint density at radius 1 is 1.52 bits per heavy atom. The fraction of sp³-hybridized carbons (Fsp3) is 0.312. The molecule has 0 amide bonds. The lowest BCUT2D eigenvalue weighted by Gasteiger charge is -2.31. The topological polar surface area (TPSA) is 83.2 Å². The summed E-state index contributed by atoms with van der Waals surface area (Å²) in [5.74, 6) is -4.01. The monoisotopic (exact) mass is 336 g/mol. The molecule has 23 heavy (non-hydrogen) atoms. The molecule has 1 aromatic carbocycles. The lowest BCUT2D eigenvalue weighted by atomic mass is 9.78. The van der Waals surface area contributed by atoms with Gasteiger partial charge in [-0.3, -0.25) is 5.41 Å². The average Bonchev–Trinajstić information content (AvgIpc) is 2.54. The first-order chi connectivity index (χ1) is 11.0. The average molecular weight is 337 g/mol. The van der Waals surface area contributed by atoms with Crippen LogP contribution in [0.15, 0.2) is 35.6 Å². The number of alkyl halides is 1. The molecule has 1 N–H and O–H groups in total. The van der Waals surface area contributed by atoms with Gasteiger partial charge in [0.25, 0.3) is 0 Å². The summed E-state index contributed by atoms with van der Waals surface area (Å²) in [4.78, 5) is 12.3. The van der Waals surface area contributed by atoms with E-state index in [9.17, 15) is 14.4 Å². The summed E-state index contributed by atoms with van der Waals surface area (Å²) in [6.45, 7) is 1.74. The van der Waals surface area contributed by atoms with Crippen molar-refractivity contribution < 1.29 is 18.7 Å². The molecule has 0 radical (unpaired) electrons. The summed E-state index contributed by atoms with van der Waals surface area (Å²) in [6, 6.07) is 7.69. The predicted molar refractivity (Wildman–Crippen MR) is 81.4 cm³/mol. The molecular formula is C16H14ClFN2O3. The van der Waals surface area contributed by atoms with Crippen LogP contribution in [0.25, 0.3) is 0 Å². The number of allylic oxidation sites excluding steroid dienone is 1. The molecule has 2 unspecified atom stereocenters. The van der Waals surface area contributed by atoms with E-state index in [4.69, 9.17) is 26.5 Å². The van der Waals surface area contributed by atoms with Crippen molar-refractivity contribution in [1.82, 2.24) is 0 Å². The van der Waals surface area contributed by atoms with Gasteiger partial charge in [0.1, 0.15) is 17.5 Å². The van der Waals surface area contributed by atoms with Crippen molar-refractivity contribution in [2.24, 2.45) is 5.92 Å². The van der Waals surface area contributed by atoms with Gasteiger partial charge in [-0.15, -0.1) is 11.6 Å². The molecule has 7 heteroatoms. The molecule has 2 rings (SSSR count). The van der Waals surface area contributed by atoms with Gasteiger partial charge in [0, 0.05) is 5.92 Å². The second-order valence-corrected chi connectivity index (χ2v) is 5.03. The highest BCUT2D eigenvalue weighted by molar-refractivity contribution is 6.20. The van der Waals surface area contributed by atoms with E-state index in [-0.39, 0.29) is 35.3 Å². The van der Waals surface area contributed by atoms with Crippen molar-refractivity contribution in [3.63, 3.8) is 0 Å². The number of esters is 1. The van der Waals surface area contributed by atoms with Crippen LogP contribution in [-0.2, 0) is 14.3 Å². The Morgan fingerprint density at radius 3 is 2.78 bits per heavy atom. The zero-order valence-electron chi connectivity index (χ0n) is 12.3. The van der Waals surface area contributed by atoms with E-state index in [2.05, 4.69) is 0 Å². The summed E-state index contributed by atoms with van der Waals surface area (Å²) in [7, 11) is 0. The molecule has 1 heterocycles. The van der Waals surface area contributed by atoms with Gasteiger partial charge in [-0.05, 0) is 18.6 Å². The van der Waals surface area contributed by atoms with Crippen molar-refractivity contribution in [1.29, 1.82) is 10.7 Å². The minimum Gasteiger partial charge on any atom is -0.463 e. The number of benzene rings is 1. The third kappa shape index (κ3) is 3.20. The molecule has 0 saturated heterocycles. The summed E-state index contributed by atoms with van der Waals surface area (Å²) in [5, 5.41) is 17.2. The maximum absolute atomic E-state index is 14.2. The van der Waals surface area contributed by atoms with Gasteiger partial charge in [0.2, 0.25) is 5.90 Å². The zero-order valence-corrected chi connectivity index (χ0v) is 13.1. The largest absolute Gasteiger partial charge is 0.463 e. The van der Waals surface area contributed by atoms with Gasteiger partial charge in [-0.25, -0.2) is 9.18 Å². The van der Waals surface area contributed by atoms with E-state index in [1.807, 2.05) is 6.07 Å². The van der Waals surface area contributed by atoms with Crippen LogP contribution < -0.4 is 0 Å². The quantitative estimate of drug-likeness (QED) is 0.676. The molecule has 0 saturated carbocycles. The highest BCUT2D eigenvalue weighted by Gasteiger charge is 2.43. The number of nitriles is 1. The van der Waals surface area contributed by atoms with Crippen molar-refractivity contribution in [2.45, 2.75) is 12.8 Å². The Bertz CT molecular complexity index is 712. The molecule has 1 aromatic rings. The number of carbonyl (C=O) groups is 1. The maximum atomic E-state index is 14.2. The number of nitrogens with zero attached hydrogens (tertiary/aromatic N) is 1. The van der Waals surface area contributed by atoms with Crippen LogP contribution in [0, 0.1) is 28.5 Å². The van der Waals surface area contributed by atoms with Crippen LogP contribution in [-0.4, -0.2) is 24.4 Å². The standard InChI is InChI=1S/C16H14ClFN2O3/c1-2-22-16(21)14-12(7-17)23-15(20)10(8-19)13(14)9-5-3-4-6-11(9)18/h3-6,10,13,20H,2,7H2,1H3. The first kappa shape index (κ1) is 17.0. The molecule has 120 valence electrons. The molecular weight excluding hydrogens is 323 g/mol. The predicted octanol–water partition coefficient (Wildman–Crippen LogP) is 3.11. The SMILES string of the molecule is CCOC(=O)C1=C(CCl)OC(=N)C(C#N)C1c1ccccc1F. The second-order valence-electron chi connectivity index (χ2n) is 4.76. The molecule has 5 nitrogen and oxygen atoms in total. The van der Waals surface area contributed by atoms with Gasteiger partial charge in [-0.1, -0.05) is 18.2 Å². The van der Waals surface area contributed by atoms with Crippen LogP contribution in [0.4, 0.5) is 4.39 Å². The van der Waals surface area contributed by atoms with E-state index in [1.54, 1.807) is 13.0 Å². The Morgan fingerprint density at radius 2 is 2.22 bits per heavy atom. The van der Waals surface area contributed by atoms with Crippen molar-refractivity contribution in [3.05, 3.63) is 47.0 Å². The normalized spacial score (nSPS) is 20.7. The summed E-state index contributed by atoms with van der Waals surface area (Å²) in [6.07, 6.45) is 0. The molecule has 1 aliphatic heterocycles. The lowest BCUT2D eigenvalue weighted by Crippen LogP contribution is -2.34. The Hall–Kier alpha value is -2.39. The second kappa shape index (κ2) is 7.25. The van der Waals surface area contributed by atoms with Crippen LogP contribution >= 0.6 is 11.6 Å². The third-order valence-electron chi connectivity index (χ3n) is 3.46. The number of nitrogens with one attached hydrogen (secondary N) is 1. The molecule has 0 fully saturated rings. The molecule has 0 bridgehead atoms. The number of halogens is 2. The maximum Gasteiger partial charge on any atom is 0.338 e. The van der Waals surface area contributed by atoms with E-state index in [0.29, 0.717) is 0 Å². The van der Waals surface area contributed by atoms with Gasteiger partial charge < -0.3 is 9.47 Å². The molecule has 0 aromatic heterocycles. The van der Waals surface area contributed by atoms with E-state index in [1.165, 1.54) is 18.2 Å². The summed E-state index contributed by atoms with van der Waals surface area (Å²) >= 11 is 5.80. The number of carbonyl (C=O) groups excluding carboxylic acids is 1. The smallest absolute Gasteiger partial charge is 0.338 e. The van der Waals surface area contributed by atoms with Gasteiger partial charge in [0.15, 0.2) is 0 Å². The minimum atomic E-state index is -1.14. The first-order valence-electron chi connectivity index (χ1n) is 6.91. The summed E-state index contributed by atoms with van der Waals surface area (Å²) < 4.78 is 24.4. The van der Waals surface area contributed by atoms with Crippen LogP contribution in [0.3, 0.4) is 0 Å². The highest BCUT2D eigenvalue weighted by Crippen LogP contribution is 2.40. The van der Waals surface area contributed by atoms with Crippen molar-refractivity contribution in [3.8, 4) is 6.07 Å². The molecule has 2 atom stereocenters. The van der Waals surface area contributed by atoms with Crippen LogP contribution in [0.1, 0.15) is 18.4 Å². The zero-order chi connectivity index (χ0) is 17.0.